The van der Waals surface area contributed by atoms with Gasteiger partial charge in [0, 0.05) is 98.8 Å². The molecule has 0 atom stereocenters. The zero-order valence-corrected chi connectivity index (χ0v) is 64.2. The number of carbonyl (C=O) groups excluding carboxylic acids is 2. The molecule has 502 valence electrons. The second kappa shape index (κ2) is 41.6. The molecular formula is C83H69Ir4N5O6-4. The predicted molar refractivity (Wildman–Crippen MR) is 381 cm³/mol. The van der Waals surface area contributed by atoms with E-state index in [0.29, 0.717) is 0 Å². The number of aliphatic hydroxyl groups is 2. The Hall–Kier alpha value is -9.48. The maximum absolute atomic E-state index is 10.1. The van der Waals surface area contributed by atoms with Crippen LogP contribution in [-0.2, 0) is 90.0 Å². The SMILES string of the molecule is CC(=O)C=C(C)O.CC(=O)C=C(C)O.Cc1[c-]c(-c2ccc3ccccc3n2)cc(C)c1.Cc1cc[c-]c(-c2ccc3ccccc3n2)c1.O=C(O)c1ccccn1.[Ir].[Ir].[Ir].[Ir].[c-]1cc2ccccc2cc1-c1ccc2ccccc2n1.[c-]1ccccc1-c1ccc2ccccc2n1. The number of hydrogen-bond donors (Lipinski definition) is 3. The summed E-state index contributed by atoms with van der Waals surface area (Å²) >= 11 is 0. The maximum Gasteiger partial charge on any atom is 0.354 e. The fourth-order valence-electron chi connectivity index (χ4n) is 9.53. The van der Waals surface area contributed by atoms with E-state index in [0.717, 1.165) is 78.0 Å². The molecule has 15 heteroatoms. The van der Waals surface area contributed by atoms with Crippen molar-refractivity contribution in [2.24, 2.45) is 0 Å². The van der Waals surface area contributed by atoms with Crippen molar-refractivity contribution < 1.29 is 110 Å². The van der Waals surface area contributed by atoms with Crippen LogP contribution in [0, 0.1) is 45.0 Å². The molecule has 5 heterocycles. The number of aromatic carboxylic acids is 1. The van der Waals surface area contributed by atoms with Crippen molar-refractivity contribution >= 4 is 71.9 Å². The summed E-state index contributed by atoms with van der Waals surface area (Å²) in [5.74, 6) is -1.12. The fraction of sp³-hybridized carbons (Fsp3) is 0.0843. The van der Waals surface area contributed by atoms with Gasteiger partial charge in [0.1, 0.15) is 5.69 Å². The molecule has 0 fully saturated rings. The number of fused-ring (bicyclic) bond motifs is 5. The minimum Gasteiger partial charge on any atom is -0.512 e. The number of carboxylic acids is 1. The van der Waals surface area contributed by atoms with E-state index in [1.807, 2.05) is 133 Å². The summed E-state index contributed by atoms with van der Waals surface area (Å²) in [6, 6.07) is 97.9. The van der Waals surface area contributed by atoms with Crippen molar-refractivity contribution in [2.45, 2.75) is 48.5 Å². The number of carbonyl (C=O) groups is 3. The van der Waals surface area contributed by atoms with E-state index in [9.17, 15) is 14.4 Å². The van der Waals surface area contributed by atoms with Crippen molar-refractivity contribution in [2.75, 3.05) is 0 Å². The zero-order valence-electron chi connectivity index (χ0n) is 54.6. The fourth-order valence-corrected chi connectivity index (χ4v) is 9.53. The van der Waals surface area contributed by atoms with Crippen molar-refractivity contribution in [3.05, 3.63) is 331 Å². The van der Waals surface area contributed by atoms with Gasteiger partial charge in [0.2, 0.25) is 0 Å². The molecule has 0 aliphatic heterocycles. The van der Waals surface area contributed by atoms with Crippen LogP contribution in [0.1, 0.15) is 54.9 Å². The number of ketones is 2. The van der Waals surface area contributed by atoms with Crippen LogP contribution >= 0.6 is 0 Å². The largest absolute Gasteiger partial charge is 0.512 e. The third-order valence-corrected chi connectivity index (χ3v) is 13.7. The number of nitrogens with zero attached hydrogens (tertiary/aromatic N) is 5. The summed E-state index contributed by atoms with van der Waals surface area (Å²) in [6.07, 6.45) is 3.78. The van der Waals surface area contributed by atoms with Crippen LogP contribution in [0.4, 0.5) is 0 Å². The second-order valence-corrected chi connectivity index (χ2v) is 21.7. The second-order valence-electron chi connectivity index (χ2n) is 21.7. The monoisotopic (exact) mass is 2000 g/mol. The molecule has 14 rings (SSSR count). The van der Waals surface area contributed by atoms with Crippen LogP contribution in [0.3, 0.4) is 0 Å². The third kappa shape index (κ3) is 25.8. The van der Waals surface area contributed by atoms with E-state index in [1.54, 1.807) is 12.1 Å². The van der Waals surface area contributed by atoms with Gasteiger partial charge in [0.05, 0.1) is 33.6 Å². The molecule has 11 nitrogen and oxygen atoms in total. The van der Waals surface area contributed by atoms with Crippen LogP contribution in [0.5, 0.6) is 0 Å². The van der Waals surface area contributed by atoms with Crippen molar-refractivity contribution in [3.8, 4) is 45.0 Å². The molecule has 0 amide bonds. The number of aliphatic hydroxyl groups excluding tert-OH is 2. The van der Waals surface area contributed by atoms with Gasteiger partial charge in [0.15, 0.2) is 11.6 Å². The average Bonchev–Trinajstić information content (AvgIpc) is 0.828. The van der Waals surface area contributed by atoms with Crippen molar-refractivity contribution in [1.82, 2.24) is 24.9 Å². The number of aryl methyl sites for hydroxylation is 3. The summed E-state index contributed by atoms with van der Waals surface area (Å²) in [5, 5.41) is 32.1. The Kier molecular flexibility index (Phi) is 34.3. The standard InChI is InChI=1S/C19H12N.C17H14N.C16H12N.C15H10N.C6H5NO2.2C5H8O2.4Ir/c1-2-7-16-13-17(10-9-14(16)5-1)19-12-11-15-6-3-4-8-18(15)20-19;1-12-9-13(2)11-15(10-12)17-8-7-14-5-3-4-6-16(14)18-17;1-12-5-4-7-14(11-12)16-10-9-13-6-2-3-8-15(13)17-16;1-2-6-12(7-3-1)15-11-10-13-8-4-5-9-14(13)16-15;8-6(9)5-3-1-2-4-7-5;2*1-4(6)3-5(2)7;;;;/h1-9,11-13H;3-10H,1-2H3;2-6,8-11H,1H3;1-6,8-11H;1-4H,(H,8,9);2*3,6H,1-2H3;;;;/q4*-1;;;;;;;. The van der Waals surface area contributed by atoms with Crippen molar-refractivity contribution in [1.29, 1.82) is 0 Å². The van der Waals surface area contributed by atoms with E-state index in [-0.39, 0.29) is 109 Å². The van der Waals surface area contributed by atoms with Crippen LogP contribution in [0.15, 0.2) is 285 Å². The molecule has 0 spiro atoms. The Morgan fingerprint density at radius 1 is 0.357 bits per heavy atom. The maximum atomic E-state index is 10.1. The first kappa shape index (κ1) is 80.9. The Labute approximate surface area is 626 Å². The summed E-state index contributed by atoms with van der Waals surface area (Å²) in [5.41, 5.74) is 15.9. The number of carboxylic acid groups (broad SMARTS) is 1. The molecule has 98 heavy (non-hydrogen) atoms. The number of aromatic nitrogens is 5. The number of allylic oxidation sites excluding steroid dienone is 4. The quantitative estimate of drug-likeness (QED) is 0.0786. The number of rotatable bonds is 7. The third-order valence-electron chi connectivity index (χ3n) is 13.7. The molecule has 9 aromatic carbocycles. The molecular weight excluding hydrogens is 1930 g/mol. The minimum atomic E-state index is -0.990. The number of hydrogen-bond acceptors (Lipinski definition) is 10. The van der Waals surface area contributed by atoms with Crippen molar-refractivity contribution in [3.63, 3.8) is 0 Å². The van der Waals surface area contributed by atoms with Gasteiger partial charge in [-0.1, -0.05) is 178 Å². The van der Waals surface area contributed by atoms with Gasteiger partial charge in [0.25, 0.3) is 0 Å². The van der Waals surface area contributed by atoms with Gasteiger partial charge >= 0.3 is 5.97 Å². The minimum absolute atomic E-state index is 0. The summed E-state index contributed by atoms with van der Waals surface area (Å²) in [4.78, 5) is 52.4. The zero-order chi connectivity index (χ0) is 66.8. The molecule has 0 saturated carbocycles. The molecule has 14 aromatic rings. The molecule has 0 saturated heterocycles. The normalized spacial score (nSPS) is 10.2. The van der Waals surface area contributed by atoms with Crippen LogP contribution in [-0.4, -0.2) is 57.8 Å². The van der Waals surface area contributed by atoms with Crippen LogP contribution in [0.25, 0.3) is 99.4 Å². The molecule has 0 aliphatic carbocycles. The summed E-state index contributed by atoms with van der Waals surface area (Å²) in [7, 11) is 0. The Bertz CT molecular complexity index is 4820. The van der Waals surface area contributed by atoms with E-state index in [2.05, 4.69) is 163 Å². The van der Waals surface area contributed by atoms with Gasteiger partial charge in [-0.2, -0.15) is 0 Å². The number of pyridine rings is 5. The van der Waals surface area contributed by atoms with Gasteiger partial charge < -0.3 is 15.3 Å². The van der Waals surface area contributed by atoms with E-state index in [4.69, 9.17) is 25.3 Å². The molecule has 0 bridgehead atoms. The Morgan fingerprint density at radius 2 is 0.745 bits per heavy atom. The predicted octanol–water partition coefficient (Wildman–Crippen LogP) is 19.7. The summed E-state index contributed by atoms with van der Waals surface area (Å²) in [6.45, 7) is 11.9. The van der Waals surface area contributed by atoms with Gasteiger partial charge in [-0.3, -0.25) is 29.5 Å². The van der Waals surface area contributed by atoms with E-state index < -0.39 is 5.97 Å². The molecule has 0 unspecified atom stereocenters. The van der Waals surface area contributed by atoms with Crippen LogP contribution in [0.2, 0.25) is 0 Å². The average molecular weight is 2000 g/mol. The number of benzene rings is 9. The number of para-hydroxylation sites is 4. The summed E-state index contributed by atoms with van der Waals surface area (Å²) < 4.78 is 0. The first-order valence-electron chi connectivity index (χ1n) is 30.2. The van der Waals surface area contributed by atoms with Gasteiger partial charge in [-0.05, 0) is 108 Å². The molecule has 3 N–H and O–H groups in total. The molecule has 0 aliphatic rings. The smallest absolute Gasteiger partial charge is 0.354 e. The first-order chi connectivity index (χ1) is 45.4. The van der Waals surface area contributed by atoms with Crippen LogP contribution < -0.4 is 0 Å². The molecule has 4 radical (unpaired) electrons. The van der Waals surface area contributed by atoms with Gasteiger partial charge in [-0.15, -0.1) is 135 Å². The topological polar surface area (TPSA) is 176 Å². The molecule has 5 aromatic heterocycles. The van der Waals surface area contributed by atoms with E-state index >= 15 is 0 Å². The Balaban J connectivity index is 0.000000249. The Morgan fingerprint density at radius 3 is 1.12 bits per heavy atom. The van der Waals surface area contributed by atoms with E-state index in [1.165, 1.54) is 90.2 Å². The van der Waals surface area contributed by atoms with Gasteiger partial charge in [-0.25, -0.2) is 9.78 Å². The first-order valence-corrected chi connectivity index (χ1v) is 30.2.